The number of rotatable bonds is 7. The molecule has 4 nitrogen and oxygen atoms in total. The summed E-state index contributed by atoms with van der Waals surface area (Å²) in [6.45, 7) is 4.42. The fraction of sp³-hybridized carbons (Fsp3) is 0.148. The van der Waals surface area contributed by atoms with E-state index in [1.807, 2.05) is 62.4 Å². The van der Waals surface area contributed by atoms with Crippen LogP contribution in [0.4, 0.5) is 4.39 Å². The average molecular weight is 430 g/mol. The monoisotopic (exact) mass is 430 g/mol. The summed E-state index contributed by atoms with van der Waals surface area (Å²) in [5, 5.41) is 9.41. The first kappa shape index (κ1) is 21.4. The summed E-state index contributed by atoms with van der Waals surface area (Å²) in [4.78, 5) is 11.5. The van der Waals surface area contributed by atoms with Gasteiger partial charge in [-0.1, -0.05) is 18.2 Å². The Labute approximate surface area is 186 Å². The number of allylic oxidation sites excluding steroid dienone is 2. The molecule has 0 amide bonds. The minimum Gasteiger partial charge on any atom is -0.494 e. The van der Waals surface area contributed by atoms with Crippen LogP contribution in [0.1, 0.15) is 37.0 Å². The number of ether oxygens (including phenoxy) is 2. The van der Waals surface area contributed by atoms with Gasteiger partial charge in [0.15, 0.2) is 0 Å². The van der Waals surface area contributed by atoms with Gasteiger partial charge in [-0.2, -0.15) is 0 Å². The summed E-state index contributed by atoms with van der Waals surface area (Å²) in [5.74, 6) is 0.756. The Balaban J connectivity index is 1.65. The summed E-state index contributed by atoms with van der Waals surface area (Å²) < 4.78 is 24.4. The van der Waals surface area contributed by atoms with E-state index in [1.54, 1.807) is 12.1 Å². The van der Waals surface area contributed by atoms with Crippen molar-refractivity contribution in [3.8, 4) is 17.2 Å². The van der Waals surface area contributed by atoms with E-state index in [2.05, 4.69) is 0 Å². The fourth-order valence-corrected chi connectivity index (χ4v) is 3.83. The van der Waals surface area contributed by atoms with Crippen LogP contribution in [0.5, 0.6) is 17.2 Å². The van der Waals surface area contributed by atoms with Crippen molar-refractivity contribution in [3.63, 3.8) is 0 Å². The highest BCUT2D eigenvalue weighted by Crippen LogP contribution is 2.45. The molecule has 1 N–H and O–H groups in total. The third kappa shape index (κ3) is 4.57. The molecule has 0 saturated heterocycles. The predicted molar refractivity (Wildman–Crippen MR) is 123 cm³/mol. The van der Waals surface area contributed by atoms with Gasteiger partial charge in [0, 0.05) is 0 Å². The Morgan fingerprint density at radius 1 is 0.938 bits per heavy atom. The molecular weight excluding hydrogens is 407 g/mol. The van der Waals surface area contributed by atoms with Crippen molar-refractivity contribution in [2.24, 2.45) is 0 Å². The van der Waals surface area contributed by atoms with E-state index in [0.29, 0.717) is 18.1 Å². The number of fused-ring (bicyclic) bond motifs is 1. The van der Waals surface area contributed by atoms with Crippen molar-refractivity contribution in [2.45, 2.75) is 20.3 Å². The molecule has 5 heteroatoms. The van der Waals surface area contributed by atoms with Gasteiger partial charge in [-0.25, -0.2) is 4.39 Å². The van der Waals surface area contributed by atoms with Crippen LogP contribution in [-0.4, -0.2) is 17.7 Å². The van der Waals surface area contributed by atoms with Crippen LogP contribution in [0, 0.1) is 5.82 Å². The average Bonchev–Trinajstić information content (AvgIpc) is 3.02. The SMILES string of the molecule is CCOc1ccc2c(c1)C(CC(=O)O)=C(C)/C2=C/c1ccc(Oc2ccc(F)cc2)cc1. The molecule has 162 valence electrons. The van der Waals surface area contributed by atoms with Gasteiger partial charge in [0.1, 0.15) is 23.1 Å². The van der Waals surface area contributed by atoms with E-state index >= 15 is 0 Å². The van der Waals surface area contributed by atoms with Crippen molar-refractivity contribution < 1.29 is 23.8 Å². The molecular formula is C27H23FO4. The first-order valence-electron chi connectivity index (χ1n) is 10.4. The topological polar surface area (TPSA) is 55.8 Å². The van der Waals surface area contributed by atoms with Crippen molar-refractivity contribution >= 4 is 23.2 Å². The minimum atomic E-state index is -0.865. The van der Waals surface area contributed by atoms with E-state index in [-0.39, 0.29) is 12.2 Å². The number of hydrogen-bond donors (Lipinski definition) is 1. The first-order valence-corrected chi connectivity index (χ1v) is 10.4. The molecule has 0 aliphatic heterocycles. The van der Waals surface area contributed by atoms with Gasteiger partial charge in [0.25, 0.3) is 0 Å². The molecule has 0 saturated carbocycles. The van der Waals surface area contributed by atoms with Gasteiger partial charge in [0.2, 0.25) is 0 Å². The number of carboxylic acid groups (broad SMARTS) is 1. The highest BCUT2D eigenvalue weighted by Gasteiger charge is 2.25. The third-order valence-electron chi connectivity index (χ3n) is 5.34. The van der Waals surface area contributed by atoms with Crippen LogP contribution in [-0.2, 0) is 4.79 Å². The van der Waals surface area contributed by atoms with Gasteiger partial charge in [-0.05, 0) is 102 Å². The smallest absolute Gasteiger partial charge is 0.307 e. The second-order valence-electron chi connectivity index (χ2n) is 7.50. The zero-order valence-corrected chi connectivity index (χ0v) is 17.9. The molecule has 1 aliphatic rings. The maximum atomic E-state index is 13.1. The molecule has 0 aromatic heterocycles. The lowest BCUT2D eigenvalue weighted by atomic mass is 10.0. The Morgan fingerprint density at radius 3 is 2.19 bits per heavy atom. The minimum absolute atomic E-state index is 0.0454. The van der Waals surface area contributed by atoms with Gasteiger partial charge < -0.3 is 14.6 Å². The second-order valence-corrected chi connectivity index (χ2v) is 7.50. The van der Waals surface area contributed by atoms with Crippen LogP contribution in [0.3, 0.4) is 0 Å². The van der Waals surface area contributed by atoms with E-state index < -0.39 is 5.97 Å². The van der Waals surface area contributed by atoms with Crippen LogP contribution in [0.25, 0.3) is 17.2 Å². The third-order valence-corrected chi connectivity index (χ3v) is 5.34. The Hall–Kier alpha value is -3.86. The molecule has 32 heavy (non-hydrogen) atoms. The Bertz CT molecular complexity index is 1210. The number of halogens is 1. The number of benzene rings is 3. The Kier molecular flexibility index (Phi) is 6.08. The van der Waals surface area contributed by atoms with Gasteiger partial charge in [-0.3, -0.25) is 4.79 Å². The van der Waals surface area contributed by atoms with E-state index in [4.69, 9.17) is 9.47 Å². The normalized spacial score (nSPS) is 13.9. The Morgan fingerprint density at radius 2 is 1.56 bits per heavy atom. The summed E-state index contributed by atoms with van der Waals surface area (Å²) in [6, 6.07) is 19.2. The molecule has 0 fully saturated rings. The van der Waals surface area contributed by atoms with E-state index in [9.17, 15) is 14.3 Å². The lowest BCUT2D eigenvalue weighted by Crippen LogP contribution is -1.98. The standard InChI is InChI=1S/C27H23FO4/c1-3-31-22-12-13-23-24(17(2)25(16-27(29)30)26(23)15-22)14-18-4-8-20(9-5-18)32-21-10-6-19(28)7-11-21/h4-15H,3,16H2,1-2H3,(H,29,30)/b24-14-. The highest BCUT2D eigenvalue weighted by atomic mass is 19.1. The fourth-order valence-electron chi connectivity index (χ4n) is 3.83. The molecule has 0 radical (unpaired) electrons. The van der Waals surface area contributed by atoms with E-state index in [0.717, 1.165) is 39.2 Å². The first-order chi connectivity index (χ1) is 15.4. The van der Waals surface area contributed by atoms with Crippen LogP contribution >= 0.6 is 0 Å². The molecule has 0 heterocycles. The molecule has 0 bridgehead atoms. The van der Waals surface area contributed by atoms with Crippen molar-refractivity contribution in [1.29, 1.82) is 0 Å². The molecule has 4 rings (SSSR count). The summed E-state index contributed by atoms with van der Waals surface area (Å²) in [7, 11) is 0. The molecule has 3 aromatic carbocycles. The molecule has 1 aliphatic carbocycles. The summed E-state index contributed by atoms with van der Waals surface area (Å²) >= 11 is 0. The zero-order valence-electron chi connectivity index (χ0n) is 17.9. The number of carbonyl (C=O) groups is 1. The van der Waals surface area contributed by atoms with Gasteiger partial charge >= 0.3 is 5.97 Å². The molecule has 0 atom stereocenters. The van der Waals surface area contributed by atoms with Crippen molar-refractivity contribution in [2.75, 3.05) is 6.61 Å². The van der Waals surface area contributed by atoms with Gasteiger partial charge in [0.05, 0.1) is 13.0 Å². The second kappa shape index (κ2) is 9.10. The lowest BCUT2D eigenvalue weighted by Gasteiger charge is -2.09. The predicted octanol–water partition coefficient (Wildman–Crippen LogP) is 6.82. The summed E-state index contributed by atoms with van der Waals surface area (Å²) in [5.41, 5.74) is 5.60. The van der Waals surface area contributed by atoms with Gasteiger partial charge in [-0.15, -0.1) is 0 Å². The number of aliphatic carboxylic acids is 1. The quantitative estimate of drug-likeness (QED) is 0.447. The molecule has 3 aromatic rings. The van der Waals surface area contributed by atoms with Crippen LogP contribution < -0.4 is 9.47 Å². The van der Waals surface area contributed by atoms with E-state index in [1.165, 1.54) is 12.1 Å². The number of hydrogen-bond acceptors (Lipinski definition) is 3. The van der Waals surface area contributed by atoms with Crippen molar-refractivity contribution in [3.05, 3.63) is 94.8 Å². The largest absolute Gasteiger partial charge is 0.494 e. The maximum absolute atomic E-state index is 13.1. The highest BCUT2D eigenvalue weighted by molar-refractivity contribution is 6.07. The summed E-state index contributed by atoms with van der Waals surface area (Å²) in [6.07, 6.45) is 2.00. The zero-order chi connectivity index (χ0) is 22.7. The van der Waals surface area contributed by atoms with Crippen molar-refractivity contribution in [1.82, 2.24) is 0 Å². The lowest BCUT2D eigenvalue weighted by molar-refractivity contribution is -0.135. The molecule has 0 spiro atoms. The molecule has 0 unspecified atom stereocenters. The maximum Gasteiger partial charge on any atom is 0.307 e. The number of carboxylic acids is 1. The van der Waals surface area contributed by atoms with Crippen LogP contribution in [0.15, 0.2) is 72.3 Å². The van der Waals surface area contributed by atoms with Crippen LogP contribution in [0.2, 0.25) is 0 Å².